The van der Waals surface area contributed by atoms with Gasteiger partial charge in [-0.3, -0.25) is 0 Å². The molecule has 2 aromatic carbocycles. The van der Waals surface area contributed by atoms with Crippen molar-refractivity contribution in [3.8, 4) is 0 Å². The van der Waals surface area contributed by atoms with E-state index < -0.39 is 0 Å². The SMILES string of the molecule is CCN(C)C=Nc1cc(Cl)c(Nc2ccc(Cl)cc2)cc1Cl. The molecule has 3 nitrogen and oxygen atoms in total. The summed E-state index contributed by atoms with van der Waals surface area (Å²) in [6, 6.07) is 10.8. The Labute approximate surface area is 145 Å². The van der Waals surface area contributed by atoms with Crippen molar-refractivity contribution in [3.05, 3.63) is 51.5 Å². The number of benzene rings is 2. The smallest absolute Gasteiger partial charge is 0.0910 e. The summed E-state index contributed by atoms with van der Waals surface area (Å²) in [6.45, 7) is 2.91. The number of aliphatic imine (C=N–C) groups is 1. The molecule has 0 spiro atoms. The van der Waals surface area contributed by atoms with Crippen molar-refractivity contribution in [3.63, 3.8) is 0 Å². The molecule has 0 saturated heterocycles. The molecule has 0 saturated carbocycles. The molecule has 0 aliphatic carbocycles. The standard InChI is InChI=1S/C16H16Cl3N3/c1-3-22(2)10-20-15-8-14(19)16(9-13(15)18)21-12-6-4-11(17)5-7-12/h4-10,21H,3H2,1-2H3. The molecule has 0 heterocycles. The summed E-state index contributed by atoms with van der Waals surface area (Å²) < 4.78 is 0. The first-order valence-corrected chi connectivity index (χ1v) is 7.89. The van der Waals surface area contributed by atoms with E-state index in [2.05, 4.69) is 10.3 Å². The highest BCUT2D eigenvalue weighted by Gasteiger charge is 2.07. The average molecular weight is 357 g/mol. The molecular weight excluding hydrogens is 341 g/mol. The Kier molecular flexibility index (Phi) is 5.95. The molecule has 0 radical (unpaired) electrons. The van der Waals surface area contributed by atoms with E-state index in [1.807, 2.05) is 31.0 Å². The van der Waals surface area contributed by atoms with Gasteiger partial charge in [0.25, 0.3) is 0 Å². The van der Waals surface area contributed by atoms with E-state index in [9.17, 15) is 0 Å². The van der Waals surface area contributed by atoms with Crippen LogP contribution in [0, 0.1) is 0 Å². The van der Waals surface area contributed by atoms with Crippen molar-refractivity contribution >= 4 is 58.2 Å². The lowest BCUT2D eigenvalue weighted by molar-refractivity contribution is 0.552. The van der Waals surface area contributed by atoms with E-state index in [-0.39, 0.29) is 0 Å². The topological polar surface area (TPSA) is 27.6 Å². The lowest BCUT2D eigenvalue weighted by Crippen LogP contribution is -2.14. The molecule has 2 rings (SSSR count). The summed E-state index contributed by atoms with van der Waals surface area (Å²) in [4.78, 5) is 6.28. The second-order valence-electron chi connectivity index (χ2n) is 4.73. The van der Waals surface area contributed by atoms with Crippen molar-refractivity contribution in [1.29, 1.82) is 0 Å². The van der Waals surface area contributed by atoms with Gasteiger partial charge in [0.2, 0.25) is 0 Å². The lowest BCUT2D eigenvalue weighted by atomic mass is 10.2. The van der Waals surface area contributed by atoms with Gasteiger partial charge in [0, 0.05) is 24.3 Å². The van der Waals surface area contributed by atoms with E-state index in [0.29, 0.717) is 20.8 Å². The molecule has 116 valence electrons. The second kappa shape index (κ2) is 7.73. The maximum Gasteiger partial charge on any atom is 0.0910 e. The minimum atomic E-state index is 0.529. The number of hydrogen-bond acceptors (Lipinski definition) is 2. The molecule has 0 unspecified atom stereocenters. The van der Waals surface area contributed by atoms with Crippen LogP contribution >= 0.6 is 34.8 Å². The number of hydrogen-bond donors (Lipinski definition) is 1. The van der Waals surface area contributed by atoms with Gasteiger partial charge in [-0.05, 0) is 43.3 Å². The normalized spacial score (nSPS) is 11.0. The van der Waals surface area contributed by atoms with Crippen molar-refractivity contribution in [2.45, 2.75) is 6.92 Å². The predicted octanol–water partition coefficient (Wildman–Crippen LogP) is 6.00. The minimum Gasteiger partial charge on any atom is -0.366 e. The predicted molar refractivity (Wildman–Crippen MR) is 97.7 cm³/mol. The summed E-state index contributed by atoms with van der Waals surface area (Å²) in [5, 5.41) is 4.96. The highest BCUT2D eigenvalue weighted by Crippen LogP contribution is 2.35. The number of anilines is 2. The lowest BCUT2D eigenvalue weighted by Gasteiger charge is -2.12. The molecule has 2 aromatic rings. The van der Waals surface area contributed by atoms with Gasteiger partial charge in [0.1, 0.15) is 0 Å². The first-order chi connectivity index (χ1) is 10.5. The summed E-state index contributed by atoms with van der Waals surface area (Å²) >= 11 is 18.4. The van der Waals surface area contributed by atoms with Crippen LogP contribution in [0.3, 0.4) is 0 Å². The second-order valence-corrected chi connectivity index (χ2v) is 5.98. The fourth-order valence-corrected chi connectivity index (χ4v) is 2.21. The van der Waals surface area contributed by atoms with Gasteiger partial charge in [-0.2, -0.15) is 0 Å². The molecule has 0 aliphatic heterocycles. The van der Waals surface area contributed by atoms with E-state index in [1.165, 1.54) is 0 Å². The number of rotatable bonds is 5. The summed E-state index contributed by atoms with van der Waals surface area (Å²) in [5.74, 6) is 0. The van der Waals surface area contributed by atoms with Gasteiger partial charge in [0.05, 0.1) is 27.8 Å². The molecule has 0 fully saturated rings. The molecule has 0 amide bonds. The zero-order valence-electron chi connectivity index (χ0n) is 12.3. The van der Waals surface area contributed by atoms with Gasteiger partial charge in [-0.25, -0.2) is 4.99 Å². The maximum atomic E-state index is 6.30. The van der Waals surface area contributed by atoms with Crippen molar-refractivity contribution in [2.75, 3.05) is 18.9 Å². The average Bonchev–Trinajstić information content (AvgIpc) is 2.51. The number of nitrogens with zero attached hydrogens (tertiary/aromatic N) is 2. The molecule has 0 aromatic heterocycles. The van der Waals surface area contributed by atoms with Gasteiger partial charge in [-0.1, -0.05) is 34.8 Å². The van der Waals surface area contributed by atoms with E-state index in [4.69, 9.17) is 34.8 Å². The Morgan fingerprint density at radius 2 is 1.77 bits per heavy atom. The van der Waals surface area contributed by atoms with Crippen molar-refractivity contribution in [1.82, 2.24) is 4.90 Å². The van der Waals surface area contributed by atoms with Crippen molar-refractivity contribution in [2.24, 2.45) is 4.99 Å². The molecular formula is C16H16Cl3N3. The zero-order valence-corrected chi connectivity index (χ0v) is 14.5. The molecule has 0 bridgehead atoms. The van der Waals surface area contributed by atoms with Gasteiger partial charge >= 0.3 is 0 Å². The Morgan fingerprint density at radius 1 is 1.09 bits per heavy atom. The maximum absolute atomic E-state index is 6.30. The summed E-state index contributed by atoms with van der Waals surface area (Å²) in [5.41, 5.74) is 2.23. The molecule has 22 heavy (non-hydrogen) atoms. The van der Waals surface area contributed by atoms with Crippen LogP contribution < -0.4 is 5.32 Å². The van der Waals surface area contributed by atoms with E-state index in [1.54, 1.807) is 30.6 Å². The van der Waals surface area contributed by atoms with Crippen LogP contribution in [0.4, 0.5) is 17.1 Å². The zero-order chi connectivity index (χ0) is 16.1. The van der Waals surface area contributed by atoms with Gasteiger partial charge < -0.3 is 10.2 Å². The van der Waals surface area contributed by atoms with Crippen molar-refractivity contribution < 1.29 is 0 Å². The quantitative estimate of drug-likeness (QED) is 0.525. The van der Waals surface area contributed by atoms with Crippen LogP contribution in [0.1, 0.15) is 6.92 Å². The highest BCUT2D eigenvalue weighted by molar-refractivity contribution is 6.37. The van der Waals surface area contributed by atoms with Crippen LogP contribution in [0.25, 0.3) is 0 Å². The fraction of sp³-hybridized carbons (Fsp3) is 0.188. The fourth-order valence-electron chi connectivity index (χ4n) is 1.66. The number of nitrogens with one attached hydrogen (secondary N) is 1. The molecule has 0 aliphatic rings. The van der Waals surface area contributed by atoms with E-state index in [0.717, 1.165) is 17.9 Å². The van der Waals surface area contributed by atoms with Crippen LogP contribution in [0.15, 0.2) is 41.4 Å². The third-order valence-corrected chi connectivity index (χ3v) is 3.92. The first-order valence-electron chi connectivity index (χ1n) is 6.75. The van der Waals surface area contributed by atoms with Gasteiger partial charge in [-0.15, -0.1) is 0 Å². The summed E-state index contributed by atoms with van der Waals surface area (Å²) in [6.07, 6.45) is 1.73. The minimum absolute atomic E-state index is 0.529. The Bertz CT molecular complexity index is 669. The molecule has 6 heteroatoms. The Hall–Kier alpha value is -1.42. The van der Waals surface area contributed by atoms with Crippen LogP contribution in [-0.4, -0.2) is 24.8 Å². The third kappa shape index (κ3) is 4.54. The van der Waals surface area contributed by atoms with Gasteiger partial charge in [0.15, 0.2) is 0 Å². The first kappa shape index (κ1) is 16.9. The van der Waals surface area contributed by atoms with Crippen LogP contribution in [0.2, 0.25) is 15.1 Å². The molecule has 0 atom stereocenters. The largest absolute Gasteiger partial charge is 0.366 e. The summed E-state index contributed by atoms with van der Waals surface area (Å²) in [7, 11) is 1.94. The van der Waals surface area contributed by atoms with Crippen LogP contribution in [-0.2, 0) is 0 Å². The number of halogens is 3. The highest BCUT2D eigenvalue weighted by atomic mass is 35.5. The Morgan fingerprint density at radius 3 is 2.41 bits per heavy atom. The molecule has 1 N–H and O–H groups in total. The monoisotopic (exact) mass is 355 g/mol. The van der Waals surface area contributed by atoms with Crippen LogP contribution in [0.5, 0.6) is 0 Å². The van der Waals surface area contributed by atoms with E-state index >= 15 is 0 Å². The third-order valence-electron chi connectivity index (χ3n) is 3.05. The Balaban J connectivity index is 2.22.